The second kappa shape index (κ2) is 15.4. The monoisotopic (exact) mass is 466 g/mol. The van der Waals surface area contributed by atoms with Crippen molar-refractivity contribution in [2.75, 3.05) is 38.8 Å². The number of carboxylic acids is 1. The molecule has 30 heavy (non-hydrogen) atoms. The highest BCUT2D eigenvalue weighted by Gasteiger charge is 2.35. The summed E-state index contributed by atoms with van der Waals surface area (Å²) >= 11 is 0. The first-order valence-electron chi connectivity index (χ1n) is 9.71. The zero-order valence-electron chi connectivity index (χ0n) is 18.4. The van der Waals surface area contributed by atoms with Crippen molar-refractivity contribution < 1.29 is 33.8 Å². The Morgan fingerprint density at radius 3 is 1.70 bits per heavy atom. The zero-order valence-corrected chi connectivity index (χ0v) is 20.1. The van der Waals surface area contributed by atoms with Crippen LogP contribution in [0.15, 0.2) is 0 Å². The van der Waals surface area contributed by atoms with Crippen molar-refractivity contribution in [1.29, 1.82) is 0 Å². The van der Waals surface area contributed by atoms with Crippen molar-refractivity contribution in [3.05, 3.63) is 0 Å². The van der Waals surface area contributed by atoms with E-state index in [2.05, 4.69) is 10.6 Å². The molecular formula is C19H34N2O7S2. The quantitative estimate of drug-likeness (QED) is 0.186. The van der Waals surface area contributed by atoms with Crippen LogP contribution >= 0.6 is 21.6 Å². The van der Waals surface area contributed by atoms with Crippen molar-refractivity contribution >= 4 is 45.3 Å². The standard InChI is InChI=1S/C19H34N2O7S2/c1-11(12(2)18(24)25)16(22)20-7-9-29-30-10-8-21-17(23)13(3)15(14(4)27-5)19(26)28-6/h11-15H,7-10H2,1-6H3,(H,20,22)(H,21,23)(H,24,25). The molecule has 9 nitrogen and oxygen atoms in total. The van der Waals surface area contributed by atoms with E-state index >= 15 is 0 Å². The smallest absolute Gasteiger partial charge is 0.312 e. The summed E-state index contributed by atoms with van der Waals surface area (Å²) in [6, 6.07) is 0. The number of esters is 1. The first-order chi connectivity index (χ1) is 14.1. The van der Waals surface area contributed by atoms with E-state index in [1.54, 1.807) is 42.4 Å². The molecule has 0 aliphatic heterocycles. The Balaban J connectivity index is 4.08. The minimum absolute atomic E-state index is 0.242. The van der Waals surface area contributed by atoms with E-state index in [-0.39, 0.29) is 11.8 Å². The average molecular weight is 467 g/mol. The number of amides is 2. The molecule has 3 N–H and O–H groups in total. The summed E-state index contributed by atoms with van der Waals surface area (Å²) in [5.41, 5.74) is 0. The van der Waals surface area contributed by atoms with Gasteiger partial charge in [0.2, 0.25) is 11.8 Å². The lowest BCUT2D eigenvalue weighted by Gasteiger charge is -2.25. The molecule has 5 unspecified atom stereocenters. The molecular weight excluding hydrogens is 432 g/mol. The third-order valence-corrected chi connectivity index (χ3v) is 7.32. The molecule has 0 bridgehead atoms. The second-order valence-electron chi connectivity index (χ2n) is 6.92. The van der Waals surface area contributed by atoms with Gasteiger partial charge in [-0.15, -0.1) is 0 Å². The number of carboxylic acid groups (broad SMARTS) is 1. The molecule has 0 radical (unpaired) electrons. The van der Waals surface area contributed by atoms with Gasteiger partial charge in [-0.3, -0.25) is 19.2 Å². The van der Waals surface area contributed by atoms with Gasteiger partial charge in [0.1, 0.15) is 0 Å². The van der Waals surface area contributed by atoms with Gasteiger partial charge in [-0.2, -0.15) is 0 Å². The molecule has 0 spiro atoms. The van der Waals surface area contributed by atoms with E-state index in [1.807, 2.05) is 0 Å². The molecule has 0 aromatic rings. The van der Waals surface area contributed by atoms with E-state index < -0.39 is 41.7 Å². The van der Waals surface area contributed by atoms with Crippen molar-refractivity contribution in [2.24, 2.45) is 23.7 Å². The minimum atomic E-state index is -0.992. The fourth-order valence-electron chi connectivity index (χ4n) is 2.56. The molecule has 0 heterocycles. The summed E-state index contributed by atoms with van der Waals surface area (Å²) in [5.74, 6) is -3.27. The van der Waals surface area contributed by atoms with Crippen molar-refractivity contribution in [1.82, 2.24) is 10.6 Å². The van der Waals surface area contributed by atoms with Gasteiger partial charge in [-0.25, -0.2) is 0 Å². The molecule has 0 aromatic heterocycles. The van der Waals surface area contributed by atoms with Gasteiger partial charge < -0.3 is 25.2 Å². The number of hydrogen-bond acceptors (Lipinski definition) is 8. The predicted molar refractivity (Wildman–Crippen MR) is 118 cm³/mol. The normalized spacial score (nSPS) is 15.9. The summed E-state index contributed by atoms with van der Waals surface area (Å²) < 4.78 is 9.97. The third-order valence-electron chi connectivity index (χ3n) is 4.91. The van der Waals surface area contributed by atoms with E-state index in [0.717, 1.165) is 0 Å². The number of rotatable bonds is 15. The number of carbonyl (C=O) groups is 4. The van der Waals surface area contributed by atoms with Gasteiger partial charge in [-0.1, -0.05) is 42.4 Å². The fourth-order valence-corrected chi connectivity index (χ4v) is 4.37. The highest BCUT2D eigenvalue weighted by Crippen LogP contribution is 2.21. The fraction of sp³-hybridized carbons (Fsp3) is 0.789. The SMILES string of the molecule is COC(=O)C(C(C)OC)C(C)C(=O)NCCSSCCNC(=O)C(C)C(C)C(=O)O. The van der Waals surface area contributed by atoms with Crippen LogP contribution < -0.4 is 10.6 Å². The van der Waals surface area contributed by atoms with Crippen LogP contribution in [0.5, 0.6) is 0 Å². The van der Waals surface area contributed by atoms with Crippen LogP contribution in [0.4, 0.5) is 0 Å². The summed E-state index contributed by atoms with van der Waals surface area (Å²) in [6.07, 6.45) is -0.445. The second-order valence-corrected chi connectivity index (χ2v) is 9.62. The average Bonchev–Trinajstić information content (AvgIpc) is 2.73. The summed E-state index contributed by atoms with van der Waals surface area (Å²) in [6.45, 7) is 7.37. The summed E-state index contributed by atoms with van der Waals surface area (Å²) in [7, 11) is 5.86. The number of methoxy groups -OCH3 is 2. The van der Waals surface area contributed by atoms with Crippen LogP contribution in [0.25, 0.3) is 0 Å². The molecule has 0 aromatic carbocycles. The van der Waals surface area contributed by atoms with Crippen LogP contribution in [-0.4, -0.2) is 73.8 Å². The number of hydrogen-bond donors (Lipinski definition) is 3. The topological polar surface area (TPSA) is 131 Å². The van der Waals surface area contributed by atoms with E-state index in [9.17, 15) is 19.2 Å². The van der Waals surface area contributed by atoms with Gasteiger partial charge >= 0.3 is 11.9 Å². The first-order valence-corrected chi connectivity index (χ1v) is 12.2. The van der Waals surface area contributed by atoms with E-state index in [0.29, 0.717) is 24.6 Å². The van der Waals surface area contributed by atoms with Crippen LogP contribution in [-0.2, 0) is 28.7 Å². The van der Waals surface area contributed by atoms with E-state index in [4.69, 9.17) is 14.6 Å². The Morgan fingerprint density at radius 1 is 0.833 bits per heavy atom. The van der Waals surface area contributed by atoms with Gasteiger partial charge in [0.25, 0.3) is 0 Å². The number of aliphatic carboxylic acids is 1. The van der Waals surface area contributed by atoms with Crippen molar-refractivity contribution in [2.45, 2.75) is 33.8 Å². The van der Waals surface area contributed by atoms with Gasteiger partial charge in [-0.05, 0) is 6.92 Å². The lowest BCUT2D eigenvalue weighted by molar-refractivity contribution is -0.155. The molecule has 0 aliphatic rings. The predicted octanol–water partition coefficient (Wildman–Crippen LogP) is 1.42. The van der Waals surface area contributed by atoms with Crippen LogP contribution in [0.2, 0.25) is 0 Å². The highest BCUT2D eigenvalue weighted by molar-refractivity contribution is 8.76. The largest absolute Gasteiger partial charge is 0.481 e. The lowest BCUT2D eigenvalue weighted by Crippen LogP contribution is -2.42. The summed E-state index contributed by atoms with van der Waals surface area (Å²) in [4.78, 5) is 47.0. The zero-order chi connectivity index (χ0) is 23.3. The maximum atomic E-state index is 12.3. The molecule has 0 saturated carbocycles. The molecule has 0 rings (SSSR count). The highest BCUT2D eigenvalue weighted by atomic mass is 33.1. The lowest BCUT2D eigenvalue weighted by atomic mass is 9.88. The first kappa shape index (κ1) is 28.5. The minimum Gasteiger partial charge on any atom is -0.481 e. The van der Waals surface area contributed by atoms with Gasteiger partial charge in [0, 0.05) is 37.6 Å². The number of ether oxygens (including phenoxy) is 2. The van der Waals surface area contributed by atoms with Crippen LogP contribution in [0.1, 0.15) is 27.7 Å². The van der Waals surface area contributed by atoms with Gasteiger partial charge in [0.05, 0.1) is 31.0 Å². The molecule has 11 heteroatoms. The number of nitrogens with one attached hydrogen (secondary N) is 2. The number of carbonyl (C=O) groups excluding carboxylic acids is 3. The Hall–Kier alpha value is -1.46. The Morgan fingerprint density at radius 2 is 1.30 bits per heavy atom. The van der Waals surface area contributed by atoms with Gasteiger partial charge in [0.15, 0.2) is 0 Å². The van der Waals surface area contributed by atoms with Crippen LogP contribution in [0, 0.1) is 23.7 Å². The molecule has 5 atom stereocenters. The molecule has 2 amide bonds. The molecule has 0 aliphatic carbocycles. The summed E-state index contributed by atoms with van der Waals surface area (Å²) in [5, 5.41) is 14.5. The Kier molecular flexibility index (Phi) is 14.6. The Labute approximate surface area is 186 Å². The molecule has 0 fully saturated rings. The van der Waals surface area contributed by atoms with Crippen molar-refractivity contribution in [3.8, 4) is 0 Å². The molecule has 174 valence electrons. The van der Waals surface area contributed by atoms with Crippen LogP contribution in [0.3, 0.4) is 0 Å². The molecule has 0 saturated heterocycles. The van der Waals surface area contributed by atoms with E-state index in [1.165, 1.54) is 21.1 Å². The van der Waals surface area contributed by atoms with Crippen molar-refractivity contribution in [3.63, 3.8) is 0 Å². The third kappa shape index (κ3) is 10.0. The maximum Gasteiger partial charge on any atom is 0.312 e. The maximum absolute atomic E-state index is 12.3. The Bertz CT molecular complexity index is 577.